The first kappa shape index (κ1) is 9.15. The lowest BCUT2D eigenvalue weighted by molar-refractivity contribution is 1.17. The van der Waals surface area contributed by atoms with Crippen LogP contribution in [0.4, 0.5) is 5.82 Å². The highest BCUT2D eigenvalue weighted by molar-refractivity contribution is 7.13. The van der Waals surface area contributed by atoms with Crippen molar-refractivity contribution < 1.29 is 0 Å². The Morgan fingerprint density at radius 1 is 1.43 bits per heavy atom. The summed E-state index contributed by atoms with van der Waals surface area (Å²) in [6.07, 6.45) is 1.78. The minimum absolute atomic E-state index is 0.894. The molecule has 0 radical (unpaired) electrons. The quantitative estimate of drug-likeness (QED) is 0.837. The zero-order chi connectivity index (χ0) is 9.80. The Balaban J connectivity index is 2.25. The molecule has 0 saturated heterocycles. The van der Waals surface area contributed by atoms with E-state index >= 15 is 0 Å². The molecule has 2 aromatic rings. The van der Waals surface area contributed by atoms with Crippen molar-refractivity contribution in [2.24, 2.45) is 0 Å². The molecule has 0 fully saturated rings. The summed E-state index contributed by atoms with van der Waals surface area (Å²) in [7, 11) is 0. The van der Waals surface area contributed by atoms with Gasteiger partial charge in [-0.05, 0) is 19.1 Å². The van der Waals surface area contributed by atoms with Gasteiger partial charge in [-0.25, -0.2) is 4.98 Å². The molecule has 0 saturated carbocycles. The van der Waals surface area contributed by atoms with Crippen LogP contribution in [0.5, 0.6) is 0 Å². The number of pyridine rings is 1. The fraction of sp³-hybridized carbons (Fsp3) is 0.200. The Labute approximate surface area is 86.8 Å². The van der Waals surface area contributed by atoms with Gasteiger partial charge in [0.1, 0.15) is 10.8 Å². The fourth-order valence-electron chi connectivity index (χ4n) is 1.14. The molecule has 0 bridgehead atoms. The van der Waals surface area contributed by atoms with Gasteiger partial charge in [0.05, 0.1) is 5.69 Å². The van der Waals surface area contributed by atoms with Gasteiger partial charge in [0, 0.05) is 18.1 Å². The van der Waals surface area contributed by atoms with Crippen molar-refractivity contribution in [3.63, 3.8) is 0 Å². The highest BCUT2D eigenvalue weighted by Crippen LogP contribution is 2.23. The topological polar surface area (TPSA) is 37.8 Å². The van der Waals surface area contributed by atoms with E-state index in [1.807, 2.05) is 23.6 Å². The van der Waals surface area contributed by atoms with Crippen molar-refractivity contribution in [1.82, 2.24) is 9.97 Å². The molecular weight excluding hydrogens is 194 g/mol. The minimum atomic E-state index is 0.894. The van der Waals surface area contributed by atoms with Crippen LogP contribution in [0, 0.1) is 0 Å². The highest BCUT2D eigenvalue weighted by atomic mass is 32.1. The van der Waals surface area contributed by atoms with E-state index < -0.39 is 0 Å². The monoisotopic (exact) mass is 205 g/mol. The van der Waals surface area contributed by atoms with Crippen LogP contribution in [0.2, 0.25) is 0 Å². The van der Waals surface area contributed by atoms with Gasteiger partial charge in [-0.1, -0.05) is 6.07 Å². The zero-order valence-corrected chi connectivity index (χ0v) is 8.71. The number of hydrogen-bond acceptors (Lipinski definition) is 4. The Bertz CT molecular complexity index is 397. The second kappa shape index (κ2) is 4.19. The first-order valence-electron chi connectivity index (χ1n) is 4.51. The van der Waals surface area contributed by atoms with Crippen molar-refractivity contribution in [1.29, 1.82) is 0 Å². The maximum atomic E-state index is 4.42. The Morgan fingerprint density at radius 2 is 2.36 bits per heavy atom. The Kier molecular flexibility index (Phi) is 2.74. The number of aromatic nitrogens is 2. The molecule has 0 atom stereocenters. The summed E-state index contributed by atoms with van der Waals surface area (Å²) in [6, 6.07) is 5.84. The molecule has 2 aromatic heterocycles. The molecule has 0 aliphatic heterocycles. The van der Waals surface area contributed by atoms with Crippen LogP contribution in [0.15, 0.2) is 29.8 Å². The van der Waals surface area contributed by atoms with Crippen molar-refractivity contribution in [2.45, 2.75) is 6.92 Å². The average Bonchev–Trinajstić information content (AvgIpc) is 2.68. The molecule has 0 unspecified atom stereocenters. The predicted molar refractivity (Wildman–Crippen MR) is 59.5 cm³/mol. The minimum Gasteiger partial charge on any atom is -0.370 e. The van der Waals surface area contributed by atoms with Gasteiger partial charge in [0.15, 0.2) is 0 Å². The maximum absolute atomic E-state index is 4.42. The normalized spacial score (nSPS) is 10.1. The summed E-state index contributed by atoms with van der Waals surface area (Å²) < 4.78 is 0. The Hall–Kier alpha value is -1.42. The smallest absolute Gasteiger partial charge is 0.144 e. The van der Waals surface area contributed by atoms with Crippen molar-refractivity contribution in [3.8, 4) is 10.7 Å². The van der Waals surface area contributed by atoms with Gasteiger partial charge in [0.25, 0.3) is 0 Å². The van der Waals surface area contributed by atoms with Crippen LogP contribution in [-0.2, 0) is 0 Å². The molecule has 1 N–H and O–H groups in total. The Morgan fingerprint density at radius 3 is 3.07 bits per heavy atom. The van der Waals surface area contributed by atoms with Crippen LogP contribution in [0.1, 0.15) is 6.92 Å². The fourth-order valence-corrected chi connectivity index (χ4v) is 1.89. The van der Waals surface area contributed by atoms with Gasteiger partial charge < -0.3 is 5.32 Å². The van der Waals surface area contributed by atoms with E-state index in [0.717, 1.165) is 23.1 Å². The van der Waals surface area contributed by atoms with Crippen LogP contribution >= 0.6 is 11.3 Å². The SMILES string of the molecule is CCNc1csc(-c2ccccn2)n1. The molecule has 14 heavy (non-hydrogen) atoms. The lowest BCUT2D eigenvalue weighted by Crippen LogP contribution is -1.95. The molecule has 4 heteroatoms. The maximum Gasteiger partial charge on any atom is 0.144 e. The zero-order valence-electron chi connectivity index (χ0n) is 7.90. The molecule has 0 aliphatic carbocycles. The third-order valence-electron chi connectivity index (χ3n) is 1.75. The number of hydrogen-bond donors (Lipinski definition) is 1. The summed E-state index contributed by atoms with van der Waals surface area (Å²) in [6.45, 7) is 2.95. The highest BCUT2D eigenvalue weighted by Gasteiger charge is 2.03. The van der Waals surface area contributed by atoms with Crippen molar-refractivity contribution >= 4 is 17.2 Å². The van der Waals surface area contributed by atoms with E-state index in [4.69, 9.17) is 0 Å². The second-order valence-corrected chi connectivity index (χ2v) is 3.64. The number of nitrogens with zero attached hydrogens (tertiary/aromatic N) is 2. The first-order valence-corrected chi connectivity index (χ1v) is 5.39. The van der Waals surface area contributed by atoms with E-state index in [2.05, 4.69) is 22.2 Å². The van der Waals surface area contributed by atoms with E-state index in [0.29, 0.717) is 0 Å². The van der Waals surface area contributed by atoms with Gasteiger partial charge in [-0.15, -0.1) is 11.3 Å². The van der Waals surface area contributed by atoms with Crippen LogP contribution in [0.3, 0.4) is 0 Å². The number of thiazole rings is 1. The molecule has 2 rings (SSSR count). The summed E-state index contributed by atoms with van der Waals surface area (Å²) in [4.78, 5) is 8.66. The molecule has 0 aliphatic rings. The predicted octanol–water partition coefficient (Wildman–Crippen LogP) is 2.64. The van der Waals surface area contributed by atoms with Crippen molar-refractivity contribution in [3.05, 3.63) is 29.8 Å². The van der Waals surface area contributed by atoms with E-state index in [9.17, 15) is 0 Å². The standard InChI is InChI=1S/C10H11N3S/c1-2-11-9-7-14-10(13-9)8-5-3-4-6-12-8/h3-7,11H,2H2,1H3. The molecule has 0 amide bonds. The number of rotatable bonds is 3. The third kappa shape index (κ3) is 1.90. The number of nitrogens with one attached hydrogen (secondary N) is 1. The first-order chi connectivity index (χ1) is 6.90. The van der Waals surface area contributed by atoms with Gasteiger partial charge in [-0.3, -0.25) is 4.98 Å². The summed E-state index contributed by atoms with van der Waals surface area (Å²) >= 11 is 1.61. The number of anilines is 1. The largest absolute Gasteiger partial charge is 0.370 e. The molecule has 2 heterocycles. The van der Waals surface area contributed by atoms with E-state index in [1.165, 1.54) is 0 Å². The summed E-state index contributed by atoms with van der Waals surface area (Å²) in [5.41, 5.74) is 0.932. The lowest BCUT2D eigenvalue weighted by Gasteiger charge is -1.95. The van der Waals surface area contributed by atoms with Crippen LogP contribution in [-0.4, -0.2) is 16.5 Å². The van der Waals surface area contributed by atoms with E-state index in [1.54, 1.807) is 17.5 Å². The van der Waals surface area contributed by atoms with Crippen LogP contribution in [0.25, 0.3) is 10.7 Å². The lowest BCUT2D eigenvalue weighted by atomic mass is 10.4. The van der Waals surface area contributed by atoms with E-state index in [-0.39, 0.29) is 0 Å². The summed E-state index contributed by atoms with van der Waals surface area (Å²) in [5, 5.41) is 6.14. The van der Waals surface area contributed by atoms with Gasteiger partial charge in [0.2, 0.25) is 0 Å². The molecule has 3 nitrogen and oxygen atoms in total. The van der Waals surface area contributed by atoms with Crippen LogP contribution < -0.4 is 5.32 Å². The molecule has 0 aromatic carbocycles. The van der Waals surface area contributed by atoms with Gasteiger partial charge in [-0.2, -0.15) is 0 Å². The average molecular weight is 205 g/mol. The molecule has 0 spiro atoms. The molecule has 72 valence electrons. The third-order valence-corrected chi connectivity index (χ3v) is 2.61. The van der Waals surface area contributed by atoms with Crippen molar-refractivity contribution in [2.75, 3.05) is 11.9 Å². The summed E-state index contributed by atoms with van der Waals surface area (Å²) in [5.74, 6) is 0.929. The molecular formula is C10H11N3S. The van der Waals surface area contributed by atoms with Gasteiger partial charge >= 0.3 is 0 Å². The second-order valence-electron chi connectivity index (χ2n) is 2.78.